The molecule has 1 atom stereocenters. The minimum atomic E-state index is -3.08. The molecule has 7 nitrogen and oxygen atoms in total. The van der Waals surface area contributed by atoms with Crippen LogP contribution in [-0.2, 0) is 24.2 Å². The summed E-state index contributed by atoms with van der Waals surface area (Å²) in [5.74, 6) is -0.165. The smallest absolute Gasteiger partial charge is 0.344 e. The van der Waals surface area contributed by atoms with Crippen molar-refractivity contribution in [1.82, 2.24) is 4.90 Å². The standard InChI is InChI=1S/C19H27NO6S/c1-13(2)16-6-5-14(3)9-17(16)25-11-19(22)26-10-18(21)20(4)15-7-8-27(23,24)12-15/h5-6,9,13,15H,7-8,10-12H2,1-4H3/t15-/m1/s1. The van der Waals surface area contributed by atoms with E-state index in [1.54, 1.807) is 0 Å². The third kappa shape index (κ3) is 5.95. The topological polar surface area (TPSA) is 90.0 Å². The summed E-state index contributed by atoms with van der Waals surface area (Å²) < 4.78 is 33.6. The molecule has 0 bridgehead atoms. The van der Waals surface area contributed by atoms with Crippen molar-refractivity contribution in [3.63, 3.8) is 0 Å². The van der Waals surface area contributed by atoms with E-state index in [0.29, 0.717) is 12.2 Å². The average Bonchev–Trinajstić information content (AvgIpc) is 2.96. The van der Waals surface area contributed by atoms with Crippen molar-refractivity contribution in [3.05, 3.63) is 29.3 Å². The molecule has 0 unspecified atom stereocenters. The molecule has 1 aliphatic rings. The molecule has 0 spiro atoms. The van der Waals surface area contributed by atoms with Crippen LogP contribution in [0.25, 0.3) is 0 Å². The highest BCUT2D eigenvalue weighted by Crippen LogP contribution is 2.27. The number of carbonyl (C=O) groups excluding carboxylic acids is 2. The number of hydrogen-bond acceptors (Lipinski definition) is 6. The van der Waals surface area contributed by atoms with Gasteiger partial charge in [-0.1, -0.05) is 26.0 Å². The van der Waals surface area contributed by atoms with E-state index in [9.17, 15) is 18.0 Å². The highest BCUT2D eigenvalue weighted by molar-refractivity contribution is 7.91. The number of nitrogens with zero attached hydrogens (tertiary/aromatic N) is 1. The zero-order valence-corrected chi connectivity index (χ0v) is 17.0. The van der Waals surface area contributed by atoms with E-state index in [2.05, 4.69) is 0 Å². The predicted molar refractivity (Wildman–Crippen MR) is 102 cm³/mol. The molecule has 0 aliphatic carbocycles. The maximum absolute atomic E-state index is 12.1. The molecule has 2 rings (SSSR count). The number of aryl methyl sites for hydroxylation is 1. The number of hydrogen-bond donors (Lipinski definition) is 0. The summed E-state index contributed by atoms with van der Waals surface area (Å²) in [6.07, 6.45) is 0.410. The fourth-order valence-electron chi connectivity index (χ4n) is 2.95. The second kappa shape index (κ2) is 8.73. The first-order chi connectivity index (χ1) is 12.6. The fourth-order valence-corrected chi connectivity index (χ4v) is 4.72. The van der Waals surface area contributed by atoms with Gasteiger partial charge in [0.1, 0.15) is 5.75 Å². The van der Waals surface area contributed by atoms with Gasteiger partial charge in [0.25, 0.3) is 5.91 Å². The maximum Gasteiger partial charge on any atom is 0.344 e. The fraction of sp³-hybridized carbons (Fsp3) is 0.579. The van der Waals surface area contributed by atoms with Gasteiger partial charge in [0.05, 0.1) is 11.5 Å². The van der Waals surface area contributed by atoms with Gasteiger partial charge >= 0.3 is 5.97 Å². The van der Waals surface area contributed by atoms with Crippen LogP contribution in [0.3, 0.4) is 0 Å². The van der Waals surface area contributed by atoms with E-state index >= 15 is 0 Å². The highest BCUT2D eigenvalue weighted by Gasteiger charge is 2.32. The molecule has 1 saturated heterocycles. The number of carbonyl (C=O) groups is 2. The van der Waals surface area contributed by atoms with Crippen LogP contribution in [0.15, 0.2) is 18.2 Å². The number of rotatable bonds is 7. The Morgan fingerprint density at radius 3 is 2.56 bits per heavy atom. The Kier molecular flexibility index (Phi) is 6.86. The minimum Gasteiger partial charge on any atom is -0.482 e. The van der Waals surface area contributed by atoms with Crippen molar-refractivity contribution in [2.75, 3.05) is 31.8 Å². The second-order valence-electron chi connectivity index (χ2n) is 7.21. The van der Waals surface area contributed by atoms with E-state index in [4.69, 9.17) is 9.47 Å². The number of amides is 1. The van der Waals surface area contributed by atoms with Gasteiger partial charge in [-0.2, -0.15) is 0 Å². The van der Waals surface area contributed by atoms with E-state index < -0.39 is 28.3 Å². The molecule has 8 heteroatoms. The molecule has 0 saturated carbocycles. The Balaban J connectivity index is 1.83. The van der Waals surface area contributed by atoms with Gasteiger partial charge in [0, 0.05) is 13.1 Å². The largest absolute Gasteiger partial charge is 0.482 e. The first kappa shape index (κ1) is 21.2. The zero-order valence-electron chi connectivity index (χ0n) is 16.2. The molecule has 1 amide bonds. The van der Waals surface area contributed by atoms with Crippen LogP contribution in [0, 0.1) is 6.92 Å². The summed E-state index contributed by atoms with van der Waals surface area (Å²) in [4.78, 5) is 25.4. The van der Waals surface area contributed by atoms with Gasteiger partial charge in [0.15, 0.2) is 23.1 Å². The molecule has 1 heterocycles. The molecule has 0 radical (unpaired) electrons. The number of benzene rings is 1. The third-order valence-electron chi connectivity index (χ3n) is 4.64. The van der Waals surface area contributed by atoms with E-state index in [0.717, 1.165) is 11.1 Å². The van der Waals surface area contributed by atoms with Crippen LogP contribution in [-0.4, -0.2) is 63.0 Å². The van der Waals surface area contributed by atoms with Crippen molar-refractivity contribution in [2.45, 2.75) is 39.2 Å². The van der Waals surface area contributed by atoms with Crippen LogP contribution >= 0.6 is 0 Å². The number of sulfone groups is 1. The minimum absolute atomic E-state index is 0.0440. The quantitative estimate of drug-likeness (QED) is 0.651. The van der Waals surface area contributed by atoms with Crippen molar-refractivity contribution < 1.29 is 27.5 Å². The van der Waals surface area contributed by atoms with E-state index in [1.165, 1.54) is 11.9 Å². The lowest BCUT2D eigenvalue weighted by molar-refractivity contribution is -0.153. The van der Waals surface area contributed by atoms with Crippen molar-refractivity contribution in [3.8, 4) is 5.75 Å². The van der Waals surface area contributed by atoms with Gasteiger partial charge in [-0.05, 0) is 36.5 Å². The molecule has 0 N–H and O–H groups in total. The monoisotopic (exact) mass is 397 g/mol. The molecule has 27 heavy (non-hydrogen) atoms. The van der Waals surface area contributed by atoms with Crippen LogP contribution in [0.1, 0.15) is 37.3 Å². The third-order valence-corrected chi connectivity index (χ3v) is 6.39. The number of ether oxygens (including phenoxy) is 2. The van der Waals surface area contributed by atoms with Gasteiger partial charge in [0.2, 0.25) is 0 Å². The van der Waals surface area contributed by atoms with Crippen LogP contribution in [0.4, 0.5) is 0 Å². The van der Waals surface area contributed by atoms with Gasteiger partial charge in [-0.3, -0.25) is 4.79 Å². The van der Waals surface area contributed by atoms with Crippen molar-refractivity contribution >= 4 is 21.7 Å². The van der Waals surface area contributed by atoms with E-state index in [-0.39, 0.29) is 30.1 Å². The lowest BCUT2D eigenvalue weighted by atomic mass is 10.0. The highest BCUT2D eigenvalue weighted by atomic mass is 32.2. The summed E-state index contributed by atoms with van der Waals surface area (Å²) in [5, 5.41) is 0. The van der Waals surface area contributed by atoms with Crippen molar-refractivity contribution in [2.24, 2.45) is 0 Å². The SMILES string of the molecule is Cc1ccc(C(C)C)c(OCC(=O)OCC(=O)N(C)[C@@H]2CCS(=O)(=O)C2)c1. The second-order valence-corrected chi connectivity index (χ2v) is 9.44. The number of esters is 1. The summed E-state index contributed by atoms with van der Waals surface area (Å²) in [5.41, 5.74) is 2.01. The lowest BCUT2D eigenvalue weighted by Gasteiger charge is -2.23. The van der Waals surface area contributed by atoms with Gasteiger partial charge in [-0.25, -0.2) is 13.2 Å². The number of likely N-dealkylation sites (N-methyl/N-ethyl adjacent to an activating group) is 1. The Hall–Kier alpha value is -2.09. The molecule has 1 aliphatic heterocycles. The molecule has 1 aromatic rings. The molecule has 0 aromatic heterocycles. The lowest BCUT2D eigenvalue weighted by Crippen LogP contribution is -2.40. The summed E-state index contributed by atoms with van der Waals surface area (Å²) >= 11 is 0. The zero-order chi connectivity index (χ0) is 20.2. The van der Waals surface area contributed by atoms with Crippen LogP contribution < -0.4 is 4.74 Å². The molecular formula is C19H27NO6S. The van der Waals surface area contributed by atoms with Crippen LogP contribution in [0.2, 0.25) is 0 Å². The predicted octanol–water partition coefficient (Wildman–Crippen LogP) is 1.69. The van der Waals surface area contributed by atoms with Gasteiger partial charge < -0.3 is 14.4 Å². The van der Waals surface area contributed by atoms with Crippen molar-refractivity contribution in [1.29, 1.82) is 0 Å². The normalized spacial score (nSPS) is 18.3. The molecule has 1 fully saturated rings. The average molecular weight is 397 g/mol. The molecule has 1 aromatic carbocycles. The Morgan fingerprint density at radius 1 is 1.26 bits per heavy atom. The Morgan fingerprint density at radius 2 is 1.96 bits per heavy atom. The Bertz CT molecular complexity index is 802. The first-order valence-electron chi connectivity index (χ1n) is 8.94. The summed E-state index contributed by atoms with van der Waals surface area (Å²) in [6.45, 7) is 5.28. The van der Waals surface area contributed by atoms with E-state index in [1.807, 2.05) is 39.0 Å². The summed E-state index contributed by atoms with van der Waals surface area (Å²) in [7, 11) is -1.55. The molecular weight excluding hydrogens is 370 g/mol. The Labute approximate surface area is 160 Å². The summed E-state index contributed by atoms with van der Waals surface area (Å²) in [6, 6.07) is 5.45. The first-order valence-corrected chi connectivity index (χ1v) is 10.8. The molecule has 150 valence electrons. The van der Waals surface area contributed by atoms with Crippen LogP contribution in [0.5, 0.6) is 5.75 Å². The van der Waals surface area contributed by atoms with Gasteiger partial charge in [-0.15, -0.1) is 0 Å². The maximum atomic E-state index is 12.1.